The van der Waals surface area contributed by atoms with Crippen LogP contribution in [0.4, 0.5) is 0 Å². The Kier molecular flexibility index (Phi) is 7.40. The van der Waals surface area contributed by atoms with Gasteiger partial charge in [0.05, 0.1) is 25.2 Å². The molecule has 3 aliphatic rings. The predicted molar refractivity (Wildman–Crippen MR) is 116 cm³/mol. The molecule has 10 nitrogen and oxygen atoms in total. The van der Waals surface area contributed by atoms with Crippen molar-refractivity contribution in [3.8, 4) is 0 Å². The molecule has 1 spiro atoms. The first kappa shape index (κ1) is 25.7. The standard InChI is InChI=1S/C24H32O10/c1-13(2)7-19(27)33-22-21-17(16(11-30-22)10-29-14(3)25)8-18(24(21)12-31-24)32-20(28)9-23(5,6)34-15(4)26/h8,11,13,18,21-22H,7,9-10,12H2,1-6H3. The Bertz CT molecular complexity index is 909. The van der Waals surface area contributed by atoms with Crippen LogP contribution in [0.1, 0.15) is 54.4 Å². The van der Waals surface area contributed by atoms with E-state index in [1.165, 1.54) is 20.1 Å². The second kappa shape index (κ2) is 9.77. The highest BCUT2D eigenvalue weighted by molar-refractivity contribution is 5.73. The zero-order valence-corrected chi connectivity index (χ0v) is 20.4. The Balaban J connectivity index is 1.81. The number of hydrogen-bond donors (Lipinski definition) is 0. The second-order valence-electron chi connectivity index (χ2n) is 9.80. The van der Waals surface area contributed by atoms with Gasteiger partial charge in [-0.2, -0.15) is 0 Å². The predicted octanol–water partition coefficient (Wildman–Crippen LogP) is 2.35. The fourth-order valence-corrected chi connectivity index (χ4v) is 4.25. The Morgan fingerprint density at radius 2 is 1.79 bits per heavy atom. The van der Waals surface area contributed by atoms with Crippen LogP contribution in [0.2, 0.25) is 0 Å². The third-order valence-electron chi connectivity index (χ3n) is 5.64. The van der Waals surface area contributed by atoms with Gasteiger partial charge in [0.25, 0.3) is 6.29 Å². The minimum absolute atomic E-state index is 0.0550. The van der Waals surface area contributed by atoms with Crippen LogP contribution in [0.25, 0.3) is 0 Å². The van der Waals surface area contributed by atoms with E-state index in [1.54, 1.807) is 19.9 Å². The molecule has 2 aliphatic heterocycles. The average Bonchev–Trinajstić information content (AvgIpc) is 3.39. The second-order valence-corrected chi connectivity index (χ2v) is 9.80. The maximum absolute atomic E-state index is 12.7. The summed E-state index contributed by atoms with van der Waals surface area (Å²) in [6, 6.07) is 0. The summed E-state index contributed by atoms with van der Waals surface area (Å²) < 4.78 is 33.2. The van der Waals surface area contributed by atoms with Gasteiger partial charge < -0.3 is 28.4 Å². The van der Waals surface area contributed by atoms with Gasteiger partial charge in [-0.25, -0.2) is 0 Å². The first-order valence-electron chi connectivity index (χ1n) is 11.3. The van der Waals surface area contributed by atoms with E-state index in [1.807, 2.05) is 13.8 Å². The van der Waals surface area contributed by atoms with E-state index in [0.717, 1.165) is 0 Å². The summed E-state index contributed by atoms with van der Waals surface area (Å²) in [5.74, 6) is -2.44. The third kappa shape index (κ3) is 5.97. The number of hydrogen-bond acceptors (Lipinski definition) is 10. The highest BCUT2D eigenvalue weighted by Crippen LogP contribution is 2.54. The fraction of sp³-hybridized carbons (Fsp3) is 0.667. The lowest BCUT2D eigenvalue weighted by Crippen LogP contribution is -2.45. The van der Waals surface area contributed by atoms with Crippen molar-refractivity contribution >= 4 is 23.9 Å². The number of carbonyl (C=O) groups excluding carboxylic acids is 4. The van der Waals surface area contributed by atoms with E-state index in [2.05, 4.69) is 0 Å². The molecule has 4 unspecified atom stereocenters. The van der Waals surface area contributed by atoms with Crippen LogP contribution < -0.4 is 0 Å². The van der Waals surface area contributed by atoms with Crippen LogP contribution in [0.15, 0.2) is 23.5 Å². The van der Waals surface area contributed by atoms with Crippen LogP contribution in [0.3, 0.4) is 0 Å². The van der Waals surface area contributed by atoms with Crippen molar-refractivity contribution in [3.63, 3.8) is 0 Å². The molecule has 4 atom stereocenters. The number of esters is 4. The van der Waals surface area contributed by atoms with Gasteiger partial charge in [-0.3, -0.25) is 19.2 Å². The number of carbonyl (C=O) groups is 4. The normalized spacial score (nSPS) is 27.2. The summed E-state index contributed by atoms with van der Waals surface area (Å²) in [7, 11) is 0. The molecule has 2 heterocycles. The molecule has 0 amide bonds. The van der Waals surface area contributed by atoms with Crippen molar-refractivity contribution < 1.29 is 47.6 Å². The quantitative estimate of drug-likeness (QED) is 0.276. The highest BCUT2D eigenvalue weighted by atomic mass is 16.7. The molecule has 3 rings (SSSR count). The SMILES string of the molecule is CC(=O)OCC1=COC(OC(=O)CC(C)C)C2C1=CC(OC(=O)CC(C)(C)OC(C)=O)C21CO1. The van der Waals surface area contributed by atoms with Crippen molar-refractivity contribution in [3.05, 3.63) is 23.5 Å². The van der Waals surface area contributed by atoms with Crippen molar-refractivity contribution in [1.29, 1.82) is 0 Å². The van der Waals surface area contributed by atoms with Gasteiger partial charge in [0.15, 0.2) is 6.10 Å². The lowest BCUT2D eigenvalue weighted by Gasteiger charge is -2.33. The maximum Gasteiger partial charge on any atom is 0.310 e. The van der Waals surface area contributed by atoms with E-state index in [9.17, 15) is 19.2 Å². The largest absolute Gasteiger partial charge is 0.461 e. The average molecular weight is 481 g/mol. The first-order chi connectivity index (χ1) is 15.8. The molecule has 188 valence electrons. The Morgan fingerprint density at radius 1 is 1.12 bits per heavy atom. The molecule has 0 aromatic rings. The maximum atomic E-state index is 12.7. The van der Waals surface area contributed by atoms with Crippen molar-refractivity contribution in [2.45, 2.75) is 78.0 Å². The molecule has 10 heteroatoms. The molecule has 0 radical (unpaired) electrons. The van der Waals surface area contributed by atoms with Crippen LogP contribution in [-0.2, 0) is 47.6 Å². The monoisotopic (exact) mass is 480 g/mol. The molecule has 0 saturated carbocycles. The summed E-state index contributed by atoms with van der Waals surface area (Å²) in [6.07, 6.45) is 1.39. The fourth-order valence-electron chi connectivity index (χ4n) is 4.25. The van der Waals surface area contributed by atoms with Gasteiger partial charge in [0.2, 0.25) is 0 Å². The Hall–Kier alpha value is -2.88. The van der Waals surface area contributed by atoms with Crippen molar-refractivity contribution in [2.75, 3.05) is 13.2 Å². The summed E-state index contributed by atoms with van der Waals surface area (Å²) in [4.78, 5) is 47.7. The number of rotatable bonds is 9. The topological polar surface area (TPSA) is 127 Å². The zero-order valence-electron chi connectivity index (χ0n) is 20.4. The van der Waals surface area contributed by atoms with E-state index < -0.39 is 53.4 Å². The van der Waals surface area contributed by atoms with E-state index in [0.29, 0.717) is 11.1 Å². The molecule has 0 bridgehead atoms. The van der Waals surface area contributed by atoms with E-state index >= 15 is 0 Å². The smallest absolute Gasteiger partial charge is 0.310 e. The summed E-state index contributed by atoms with van der Waals surface area (Å²) in [6.45, 7) is 9.80. The van der Waals surface area contributed by atoms with Gasteiger partial charge in [-0.05, 0) is 31.4 Å². The number of ether oxygens (including phenoxy) is 6. The van der Waals surface area contributed by atoms with Gasteiger partial charge in [-0.1, -0.05) is 13.8 Å². The van der Waals surface area contributed by atoms with E-state index in [-0.39, 0.29) is 32.0 Å². The minimum atomic E-state index is -1.04. The zero-order chi connectivity index (χ0) is 25.3. The summed E-state index contributed by atoms with van der Waals surface area (Å²) >= 11 is 0. The van der Waals surface area contributed by atoms with Crippen molar-refractivity contribution in [1.82, 2.24) is 0 Å². The van der Waals surface area contributed by atoms with Gasteiger partial charge in [0, 0.05) is 25.8 Å². The molecule has 1 fully saturated rings. The molecule has 1 aliphatic carbocycles. The third-order valence-corrected chi connectivity index (χ3v) is 5.64. The van der Waals surface area contributed by atoms with Crippen molar-refractivity contribution in [2.24, 2.45) is 11.8 Å². The molecular formula is C24H32O10. The van der Waals surface area contributed by atoms with Crippen LogP contribution >= 0.6 is 0 Å². The van der Waals surface area contributed by atoms with Crippen LogP contribution in [-0.4, -0.2) is 60.7 Å². The lowest BCUT2D eigenvalue weighted by atomic mass is 9.85. The first-order valence-corrected chi connectivity index (χ1v) is 11.3. The van der Waals surface area contributed by atoms with Crippen LogP contribution in [0, 0.1) is 11.8 Å². The van der Waals surface area contributed by atoms with Crippen LogP contribution in [0.5, 0.6) is 0 Å². The van der Waals surface area contributed by atoms with Gasteiger partial charge in [0.1, 0.15) is 17.8 Å². The van der Waals surface area contributed by atoms with Gasteiger partial charge >= 0.3 is 23.9 Å². The summed E-state index contributed by atoms with van der Waals surface area (Å²) in [5, 5.41) is 0. The number of epoxide rings is 1. The molecule has 1 saturated heterocycles. The van der Waals surface area contributed by atoms with Gasteiger partial charge in [-0.15, -0.1) is 0 Å². The lowest BCUT2D eigenvalue weighted by molar-refractivity contribution is -0.187. The molecular weight excluding hydrogens is 448 g/mol. The highest BCUT2D eigenvalue weighted by Gasteiger charge is 2.68. The molecule has 34 heavy (non-hydrogen) atoms. The Morgan fingerprint density at radius 3 is 2.35 bits per heavy atom. The van der Waals surface area contributed by atoms with E-state index in [4.69, 9.17) is 28.4 Å². The minimum Gasteiger partial charge on any atom is -0.461 e. The molecule has 0 aromatic carbocycles. The number of fused-ring (bicyclic) bond motifs is 2. The summed E-state index contributed by atoms with van der Waals surface area (Å²) in [5.41, 5.74) is -0.777. The molecule has 0 aromatic heterocycles. The Labute approximate surface area is 198 Å². The molecule has 0 N–H and O–H groups in total.